The molecule has 1 rings (SSSR count). The van der Waals surface area contributed by atoms with Gasteiger partial charge in [0.25, 0.3) is 0 Å². The van der Waals surface area contributed by atoms with E-state index in [0.29, 0.717) is 17.2 Å². The van der Waals surface area contributed by atoms with E-state index in [1.54, 1.807) is 6.08 Å². The highest BCUT2D eigenvalue weighted by Gasteiger charge is 2.21. The quantitative estimate of drug-likeness (QED) is 0.112. The monoisotopic (exact) mass is 532 g/mol. The molecule has 1 aromatic rings. The van der Waals surface area contributed by atoms with E-state index in [0.717, 1.165) is 50.2 Å². The lowest BCUT2D eigenvalue weighted by molar-refractivity contribution is -0.131. The number of aliphatic carboxylic acids is 1. The van der Waals surface area contributed by atoms with Gasteiger partial charge in [-0.2, -0.15) is 0 Å². The van der Waals surface area contributed by atoms with Crippen LogP contribution in [-0.2, 0) is 4.79 Å². The van der Waals surface area contributed by atoms with Gasteiger partial charge in [0.1, 0.15) is 0 Å². The number of benzene rings is 1. The number of ether oxygens (including phenoxy) is 3. The highest BCUT2D eigenvalue weighted by molar-refractivity contribution is 5.85. The summed E-state index contributed by atoms with van der Waals surface area (Å²) in [5, 5.41) is 9.21. The maximum atomic E-state index is 11.2. The van der Waals surface area contributed by atoms with Crippen LogP contribution in [0, 0.1) is 0 Å². The summed E-state index contributed by atoms with van der Waals surface area (Å²) in [5.74, 6) is 0.925. The fourth-order valence-corrected chi connectivity index (χ4v) is 4.54. The Balaban J connectivity index is 3.24. The Labute approximate surface area is 233 Å². The molecule has 0 aromatic heterocycles. The summed E-state index contributed by atoms with van der Waals surface area (Å²) >= 11 is 0. The summed E-state index contributed by atoms with van der Waals surface area (Å²) in [7, 11) is 0. The summed E-state index contributed by atoms with van der Waals surface area (Å²) in [6, 6.07) is 3.78. The van der Waals surface area contributed by atoms with Crippen LogP contribution < -0.4 is 14.2 Å². The standard InChI is InChI=1S/C33H56O5/c1-7-10-13-16-19-26(4)36-30-24-29(22-23-32(34)35)25-31(37-27(5)20-17-14-11-8-2)33(30)38-28(6)21-18-15-12-9-3/h22-28H,7-21H2,1-6H3,(H,34,35). The minimum absolute atomic E-state index is 0.0205. The summed E-state index contributed by atoms with van der Waals surface area (Å²) < 4.78 is 19.5. The first-order valence-electron chi connectivity index (χ1n) is 15.4. The van der Waals surface area contributed by atoms with E-state index in [1.807, 2.05) is 12.1 Å². The van der Waals surface area contributed by atoms with E-state index < -0.39 is 5.97 Å². The van der Waals surface area contributed by atoms with Gasteiger partial charge in [-0.1, -0.05) is 78.6 Å². The van der Waals surface area contributed by atoms with E-state index >= 15 is 0 Å². The second-order valence-corrected chi connectivity index (χ2v) is 10.9. The fourth-order valence-electron chi connectivity index (χ4n) is 4.54. The Morgan fingerprint density at radius 3 is 1.45 bits per heavy atom. The lowest BCUT2D eigenvalue weighted by Gasteiger charge is -2.25. The van der Waals surface area contributed by atoms with Gasteiger partial charge in [0.15, 0.2) is 11.5 Å². The van der Waals surface area contributed by atoms with Crippen molar-refractivity contribution >= 4 is 12.0 Å². The van der Waals surface area contributed by atoms with Crippen LogP contribution in [0.4, 0.5) is 0 Å². The number of carboxylic acids is 1. The maximum Gasteiger partial charge on any atom is 0.328 e. The summed E-state index contributed by atoms with van der Waals surface area (Å²) in [6.45, 7) is 13.0. The third-order valence-corrected chi connectivity index (χ3v) is 6.83. The SMILES string of the molecule is CCCCCCC(C)Oc1cc(C=CC(=O)O)cc(OC(C)CCCCCC)c1OC(C)CCCCCC. The van der Waals surface area contributed by atoms with Gasteiger partial charge in [0, 0.05) is 6.08 Å². The van der Waals surface area contributed by atoms with Crippen LogP contribution in [0.5, 0.6) is 17.2 Å². The normalized spacial score (nSPS) is 13.8. The van der Waals surface area contributed by atoms with Gasteiger partial charge in [0.05, 0.1) is 18.3 Å². The third kappa shape index (κ3) is 15.3. The van der Waals surface area contributed by atoms with E-state index in [-0.39, 0.29) is 18.3 Å². The lowest BCUT2D eigenvalue weighted by atomic mass is 10.1. The van der Waals surface area contributed by atoms with Gasteiger partial charge >= 0.3 is 5.97 Å². The summed E-state index contributed by atoms with van der Waals surface area (Å²) in [5.41, 5.74) is 0.733. The van der Waals surface area contributed by atoms with Crippen molar-refractivity contribution in [2.24, 2.45) is 0 Å². The molecule has 0 saturated heterocycles. The number of hydrogen-bond donors (Lipinski definition) is 1. The largest absolute Gasteiger partial charge is 0.487 e. The van der Waals surface area contributed by atoms with Crippen molar-refractivity contribution < 1.29 is 24.1 Å². The van der Waals surface area contributed by atoms with Gasteiger partial charge in [-0.05, 0) is 83.1 Å². The first-order chi connectivity index (χ1) is 18.3. The van der Waals surface area contributed by atoms with Crippen LogP contribution in [0.15, 0.2) is 18.2 Å². The molecule has 218 valence electrons. The molecule has 5 heteroatoms. The average molecular weight is 533 g/mol. The van der Waals surface area contributed by atoms with Gasteiger partial charge in [0.2, 0.25) is 5.75 Å². The molecule has 0 bridgehead atoms. The average Bonchev–Trinajstić information content (AvgIpc) is 2.87. The molecule has 0 radical (unpaired) electrons. The predicted octanol–water partition coefficient (Wildman–Crippen LogP) is 10.00. The van der Waals surface area contributed by atoms with E-state index in [2.05, 4.69) is 41.5 Å². The van der Waals surface area contributed by atoms with E-state index in [9.17, 15) is 9.90 Å². The van der Waals surface area contributed by atoms with Crippen LogP contribution in [0.1, 0.15) is 143 Å². The molecule has 1 aromatic carbocycles. The maximum absolute atomic E-state index is 11.2. The van der Waals surface area contributed by atoms with Crippen molar-refractivity contribution in [2.75, 3.05) is 0 Å². The third-order valence-electron chi connectivity index (χ3n) is 6.83. The van der Waals surface area contributed by atoms with Crippen molar-refractivity contribution in [3.63, 3.8) is 0 Å². The van der Waals surface area contributed by atoms with Gasteiger partial charge < -0.3 is 19.3 Å². The smallest absolute Gasteiger partial charge is 0.328 e. The topological polar surface area (TPSA) is 65.0 Å². The highest BCUT2D eigenvalue weighted by atomic mass is 16.6. The van der Waals surface area contributed by atoms with Crippen LogP contribution in [-0.4, -0.2) is 29.4 Å². The first-order valence-corrected chi connectivity index (χ1v) is 15.4. The first kappa shape index (κ1) is 33.9. The molecule has 0 heterocycles. The predicted molar refractivity (Wildman–Crippen MR) is 160 cm³/mol. The summed E-state index contributed by atoms with van der Waals surface area (Å²) in [6.07, 6.45) is 20.0. The minimum Gasteiger partial charge on any atom is -0.487 e. The zero-order valence-corrected chi connectivity index (χ0v) is 25.2. The van der Waals surface area contributed by atoms with Crippen molar-refractivity contribution in [1.29, 1.82) is 0 Å². The Morgan fingerprint density at radius 1 is 0.684 bits per heavy atom. The molecular formula is C33H56O5. The van der Waals surface area contributed by atoms with Crippen molar-refractivity contribution in [3.05, 3.63) is 23.8 Å². The molecule has 3 atom stereocenters. The van der Waals surface area contributed by atoms with Crippen molar-refractivity contribution in [2.45, 2.75) is 156 Å². The Bertz CT molecular complexity index is 747. The Morgan fingerprint density at radius 2 is 1.08 bits per heavy atom. The second kappa shape index (κ2) is 20.7. The number of hydrogen-bond acceptors (Lipinski definition) is 4. The molecule has 0 fully saturated rings. The molecule has 0 aliphatic carbocycles. The van der Waals surface area contributed by atoms with Crippen molar-refractivity contribution in [1.82, 2.24) is 0 Å². The number of unbranched alkanes of at least 4 members (excludes halogenated alkanes) is 9. The number of carboxylic acid groups (broad SMARTS) is 1. The number of carbonyl (C=O) groups is 1. The Hall–Kier alpha value is -2.17. The molecule has 0 saturated carbocycles. The van der Waals surface area contributed by atoms with Gasteiger partial charge in [-0.3, -0.25) is 0 Å². The minimum atomic E-state index is -0.982. The van der Waals surface area contributed by atoms with Crippen LogP contribution in [0.25, 0.3) is 6.08 Å². The highest BCUT2D eigenvalue weighted by Crippen LogP contribution is 2.42. The zero-order valence-electron chi connectivity index (χ0n) is 25.2. The summed E-state index contributed by atoms with van der Waals surface area (Å²) in [4.78, 5) is 11.2. The fraction of sp³-hybridized carbons (Fsp3) is 0.727. The molecule has 3 unspecified atom stereocenters. The molecule has 38 heavy (non-hydrogen) atoms. The lowest BCUT2D eigenvalue weighted by Crippen LogP contribution is -2.18. The molecule has 1 N–H and O–H groups in total. The van der Waals surface area contributed by atoms with Gasteiger partial charge in [-0.15, -0.1) is 0 Å². The molecule has 0 amide bonds. The molecule has 0 aliphatic heterocycles. The second-order valence-electron chi connectivity index (χ2n) is 10.9. The zero-order chi connectivity index (χ0) is 28.2. The molecular weight excluding hydrogens is 476 g/mol. The molecule has 5 nitrogen and oxygen atoms in total. The van der Waals surface area contributed by atoms with Crippen LogP contribution >= 0.6 is 0 Å². The molecule has 0 aliphatic rings. The molecule has 0 spiro atoms. The number of rotatable bonds is 23. The van der Waals surface area contributed by atoms with Gasteiger partial charge in [-0.25, -0.2) is 4.79 Å². The van der Waals surface area contributed by atoms with Crippen LogP contribution in [0.3, 0.4) is 0 Å². The van der Waals surface area contributed by atoms with E-state index in [4.69, 9.17) is 14.2 Å². The van der Waals surface area contributed by atoms with E-state index in [1.165, 1.54) is 57.8 Å². The van der Waals surface area contributed by atoms with Crippen molar-refractivity contribution in [3.8, 4) is 17.2 Å². The van der Waals surface area contributed by atoms with Crippen LogP contribution in [0.2, 0.25) is 0 Å². The Kier molecular flexibility index (Phi) is 18.5.